The minimum atomic E-state index is -2.22. The van der Waals surface area contributed by atoms with Crippen LogP contribution in [0.4, 0.5) is 0 Å². The van der Waals surface area contributed by atoms with Crippen LogP contribution in [-0.2, 0) is 40.4 Å². The normalized spacial score (nSPS) is 17.7. The van der Waals surface area contributed by atoms with Crippen LogP contribution in [-0.4, -0.2) is 14.2 Å². The van der Waals surface area contributed by atoms with Gasteiger partial charge < -0.3 is 0 Å². The fourth-order valence-electron chi connectivity index (χ4n) is 2.85. The molecule has 0 saturated carbocycles. The third-order valence-electron chi connectivity index (χ3n) is 4.14. The maximum atomic E-state index is 7.50. The van der Waals surface area contributed by atoms with Gasteiger partial charge in [-0.15, -0.1) is 0 Å². The molecule has 0 bridgehead atoms. The second-order valence-electron chi connectivity index (χ2n) is 9.18. The van der Waals surface area contributed by atoms with Gasteiger partial charge in [0.15, 0.2) is 11.3 Å². The average Bonchev–Trinajstić information content (AvgIpc) is 2.63. The summed E-state index contributed by atoms with van der Waals surface area (Å²) in [6, 6.07) is 0. The largest absolute Gasteiger partial charge is 0 e. The molecule has 0 atom stereocenters. The molecular formula is C22H35CrO5P+. The molecule has 0 aromatic rings. The van der Waals surface area contributed by atoms with Crippen LogP contribution in [0.3, 0.4) is 0 Å². The fourth-order valence-corrected chi connectivity index (χ4v) is 6.43. The van der Waals surface area contributed by atoms with Gasteiger partial charge in [0.05, 0.1) is 14.2 Å². The van der Waals surface area contributed by atoms with E-state index >= 15 is 0 Å². The number of rotatable bonds is 2. The summed E-state index contributed by atoms with van der Waals surface area (Å²) >= 11 is 0. The molecule has 0 aromatic carbocycles. The molecule has 0 aromatic heterocycles. The van der Waals surface area contributed by atoms with E-state index in [9.17, 15) is 0 Å². The minimum absolute atomic E-state index is 0. The van der Waals surface area contributed by atoms with E-state index < -0.39 is 7.72 Å². The van der Waals surface area contributed by atoms with Crippen molar-refractivity contribution < 1.29 is 40.4 Å². The fraction of sp³-hybridized carbons (Fsp3) is 0.636. The maximum Gasteiger partial charge on any atom is 0 e. The van der Waals surface area contributed by atoms with E-state index in [2.05, 4.69) is 95.1 Å². The standard InChI is InChI=1S/C19H35O2P.3CO.Cr/c1-17(2,3)14-12-15(18(4,5)6)22(20-10,21-11)16(13-14)19(7,8)9;3*1-2;/h12-13H,1-11H3;;;;/q+1;;;;. The smallest absolute Gasteiger partial charge is 0 e. The molecule has 0 aliphatic carbocycles. The third kappa shape index (κ3) is 9.84. The van der Waals surface area contributed by atoms with Crippen LogP contribution in [0, 0.1) is 66.3 Å². The van der Waals surface area contributed by atoms with Crippen molar-refractivity contribution in [2.45, 2.75) is 62.3 Å². The zero-order chi connectivity index (χ0) is 23.6. The molecule has 0 N–H and O–H groups in total. The Kier molecular flexibility index (Phi) is 18.9. The molecule has 1 aliphatic heterocycles. The Hall–Kier alpha value is 0.102. The van der Waals surface area contributed by atoms with Crippen LogP contribution in [0.25, 0.3) is 0 Å². The summed E-state index contributed by atoms with van der Waals surface area (Å²) in [4.78, 5) is 0. The van der Waals surface area contributed by atoms with Crippen LogP contribution in [0.5, 0.6) is 0 Å². The van der Waals surface area contributed by atoms with Gasteiger partial charge in [-0.3, -0.25) is 0 Å². The van der Waals surface area contributed by atoms with Crippen molar-refractivity contribution in [1.82, 2.24) is 0 Å². The zero-order valence-corrected chi connectivity index (χ0v) is 21.7. The first-order valence-corrected chi connectivity index (χ1v) is 10.3. The van der Waals surface area contributed by atoms with Gasteiger partial charge in [-0.2, -0.15) is 0 Å². The van der Waals surface area contributed by atoms with Crippen LogP contribution >= 0.6 is 7.72 Å². The minimum Gasteiger partial charge on any atom is 0 e. The second kappa shape index (κ2) is 15.0. The predicted molar refractivity (Wildman–Crippen MR) is 109 cm³/mol. The topological polar surface area (TPSA) is 78.2 Å². The maximum absolute atomic E-state index is 7.50. The number of hydrogen-bond donors (Lipinski definition) is 0. The van der Waals surface area contributed by atoms with Gasteiger partial charge in [0, 0.05) is 41.0 Å². The Morgan fingerprint density at radius 3 is 1.00 bits per heavy atom. The van der Waals surface area contributed by atoms with Gasteiger partial charge in [-0.1, -0.05) is 62.3 Å². The molecule has 29 heavy (non-hydrogen) atoms. The molecule has 5 radical (unpaired) electrons. The van der Waals surface area contributed by atoms with Crippen LogP contribution < -0.4 is 0 Å². The van der Waals surface area contributed by atoms with E-state index in [4.69, 9.17) is 23.0 Å². The van der Waals surface area contributed by atoms with Crippen molar-refractivity contribution in [3.05, 3.63) is 50.0 Å². The average molecular weight is 462 g/mol. The molecule has 0 unspecified atom stereocenters. The van der Waals surface area contributed by atoms with Gasteiger partial charge >= 0.3 is 33.9 Å². The van der Waals surface area contributed by atoms with Gasteiger partial charge in [0.1, 0.15) is 0 Å². The summed E-state index contributed by atoms with van der Waals surface area (Å²) in [6.45, 7) is 33.8. The SMILES string of the molecule is CO[P+]1(OC)[C](C(C)(C)C)[CH][C](C(C)(C)C)[CH][C]1C(C)(C)C.[C-]#[O+].[C-]#[O+].[C-]#[O+].[Cr]. The van der Waals surface area contributed by atoms with Crippen molar-refractivity contribution in [1.29, 1.82) is 0 Å². The quantitative estimate of drug-likeness (QED) is 0.278. The van der Waals surface area contributed by atoms with Crippen molar-refractivity contribution in [2.75, 3.05) is 14.2 Å². The molecular weight excluding hydrogens is 427 g/mol. The van der Waals surface area contributed by atoms with Crippen molar-refractivity contribution >= 4 is 7.72 Å². The Morgan fingerprint density at radius 1 is 0.621 bits per heavy atom. The van der Waals surface area contributed by atoms with Crippen molar-refractivity contribution in [3.8, 4) is 0 Å². The van der Waals surface area contributed by atoms with Crippen molar-refractivity contribution in [2.24, 2.45) is 16.2 Å². The van der Waals surface area contributed by atoms with E-state index in [0.717, 1.165) is 0 Å². The molecule has 1 aliphatic rings. The van der Waals surface area contributed by atoms with E-state index in [1.165, 1.54) is 17.2 Å². The first kappa shape index (κ1) is 36.5. The van der Waals surface area contributed by atoms with Gasteiger partial charge in [-0.05, 0) is 11.3 Å². The van der Waals surface area contributed by atoms with E-state index in [0.29, 0.717) is 0 Å². The Labute approximate surface area is 190 Å². The molecule has 7 heteroatoms. The first-order valence-electron chi connectivity index (χ1n) is 8.65. The van der Waals surface area contributed by atoms with E-state index in [1.807, 2.05) is 0 Å². The number of hydrogen-bond acceptors (Lipinski definition) is 2. The monoisotopic (exact) mass is 462 g/mol. The van der Waals surface area contributed by atoms with E-state index in [-0.39, 0.29) is 33.6 Å². The second-order valence-corrected chi connectivity index (χ2v) is 12.0. The van der Waals surface area contributed by atoms with Crippen LogP contribution in [0.1, 0.15) is 62.3 Å². The van der Waals surface area contributed by atoms with Gasteiger partial charge in [-0.25, -0.2) is 9.05 Å². The summed E-state index contributed by atoms with van der Waals surface area (Å²) in [5.41, 5.74) is 2.69. The molecule has 1 saturated heterocycles. The molecule has 1 heterocycles. The summed E-state index contributed by atoms with van der Waals surface area (Å²) in [6.07, 6.45) is 4.66. The predicted octanol–water partition coefficient (Wildman–Crippen LogP) is 6.21. The summed E-state index contributed by atoms with van der Waals surface area (Å²) in [5.74, 6) is 1.35. The summed E-state index contributed by atoms with van der Waals surface area (Å²) < 4.78 is 34.7. The van der Waals surface area contributed by atoms with Gasteiger partial charge in [0.25, 0.3) is 7.72 Å². The molecule has 0 amide bonds. The summed E-state index contributed by atoms with van der Waals surface area (Å²) in [5, 5.41) is 0. The molecule has 0 spiro atoms. The molecule has 163 valence electrons. The van der Waals surface area contributed by atoms with Crippen LogP contribution in [0.2, 0.25) is 0 Å². The third-order valence-corrected chi connectivity index (χ3v) is 8.03. The molecule has 1 fully saturated rings. The first-order chi connectivity index (χ1) is 12.7. The van der Waals surface area contributed by atoms with Gasteiger partial charge in [0.2, 0.25) is 0 Å². The van der Waals surface area contributed by atoms with Crippen molar-refractivity contribution in [3.63, 3.8) is 0 Å². The van der Waals surface area contributed by atoms with E-state index in [1.54, 1.807) is 14.2 Å². The summed E-state index contributed by atoms with van der Waals surface area (Å²) in [7, 11) is 1.36. The molecule has 5 nitrogen and oxygen atoms in total. The zero-order valence-electron chi connectivity index (χ0n) is 19.6. The molecule has 1 rings (SSSR count). The van der Waals surface area contributed by atoms with Crippen LogP contribution in [0.15, 0.2) is 0 Å². The Balaban J connectivity index is -0.000000407. The Bertz CT molecular complexity index is 450. The Morgan fingerprint density at radius 2 is 0.862 bits per heavy atom.